The second-order valence-corrected chi connectivity index (χ2v) is 11.4. The molecule has 10 heteroatoms. The zero-order valence-electron chi connectivity index (χ0n) is 20.0. The highest BCUT2D eigenvalue weighted by molar-refractivity contribution is 7.98. The number of aromatic nitrogens is 4. The van der Waals surface area contributed by atoms with Crippen LogP contribution < -0.4 is 5.32 Å². The molecule has 0 saturated carbocycles. The van der Waals surface area contributed by atoms with Crippen molar-refractivity contribution in [3.8, 4) is 0 Å². The van der Waals surface area contributed by atoms with E-state index in [9.17, 15) is 4.79 Å². The zero-order chi connectivity index (χ0) is 24.1. The number of anilines is 2. The third kappa shape index (κ3) is 4.17. The van der Waals surface area contributed by atoms with E-state index < -0.39 is 0 Å². The van der Waals surface area contributed by atoms with Gasteiger partial charge in [-0.3, -0.25) is 9.89 Å². The van der Waals surface area contributed by atoms with E-state index in [2.05, 4.69) is 43.9 Å². The number of aryl methyl sites for hydroxylation is 1. The SMILES string of the molecule is CSc1cc2[nH]ncc2cc1Nc1ncnc2sc3c(c12)CC[C@H](C(=O)N1C[C@@H](C)O[C@@H](C)C1)C3. The third-order valence-corrected chi connectivity index (χ3v) is 8.88. The number of amides is 1. The lowest BCUT2D eigenvalue weighted by molar-refractivity contribution is -0.147. The molecule has 0 spiro atoms. The number of nitrogens with zero attached hydrogens (tertiary/aromatic N) is 4. The lowest BCUT2D eigenvalue weighted by atomic mass is 9.86. The van der Waals surface area contributed by atoms with Gasteiger partial charge in [-0.2, -0.15) is 5.10 Å². The molecule has 4 heterocycles. The Hall–Kier alpha value is -2.69. The number of thioether (sulfide) groups is 1. The van der Waals surface area contributed by atoms with Crippen molar-refractivity contribution in [3.05, 3.63) is 35.1 Å². The summed E-state index contributed by atoms with van der Waals surface area (Å²) in [5.41, 5.74) is 3.31. The second kappa shape index (κ2) is 9.07. The number of ether oxygens (including phenoxy) is 1. The number of carbonyl (C=O) groups excluding carboxylic acids is 1. The Balaban J connectivity index is 1.30. The van der Waals surface area contributed by atoms with Crippen LogP contribution in [0.5, 0.6) is 0 Å². The van der Waals surface area contributed by atoms with Crippen LogP contribution in [0.25, 0.3) is 21.1 Å². The van der Waals surface area contributed by atoms with Crippen LogP contribution in [0.3, 0.4) is 0 Å². The maximum absolute atomic E-state index is 13.4. The fraction of sp³-hybridized carbons (Fsp3) is 0.440. The average Bonchev–Trinajstić information content (AvgIpc) is 3.46. The molecule has 1 fully saturated rings. The van der Waals surface area contributed by atoms with E-state index in [0.29, 0.717) is 13.1 Å². The minimum Gasteiger partial charge on any atom is -0.372 e. The predicted molar refractivity (Wildman–Crippen MR) is 141 cm³/mol. The summed E-state index contributed by atoms with van der Waals surface area (Å²) < 4.78 is 5.83. The molecule has 2 N–H and O–H groups in total. The number of thiophene rings is 1. The number of fused-ring (bicyclic) bond motifs is 4. The Morgan fingerprint density at radius 1 is 1.26 bits per heavy atom. The topological polar surface area (TPSA) is 96.0 Å². The molecule has 0 radical (unpaired) electrons. The van der Waals surface area contributed by atoms with Gasteiger partial charge in [0.15, 0.2) is 0 Å². The van der Waals surface area contributed by atoms with Crippen molar-refractivity contribution in [1.82, 2.24) is 25.1 Å². The molecule has 8 nitrogen and oxygen atoms in total. The third-order valence-electron chi connectivity index (χ3n) is 6.94. The molecule has 1 saturated heterocycles. The number of carbonyl (C=O) groups is 1. The number of morpholine rings is 1. The van der Waals surface area contributed by atoms with Crippen LogP contribution in [0, 0.1) is 5.92 Å². The smallest absolute Gasteiger partial charge is 0.226 e. The molecule has 1 aliphatic heterocycles. The van der Waals surface area contributed by atoms with Crippen LogP contribution in [-0.4, -0.2) is 62.5 Å². The van der Waals surface area contributed by atoms with Crippen molar-refractivity contribution in [1.29, 1.82) is 0 Å². The predicted octanol–water partition coefficient (Wildman–Crippen LogP) is 4.77. The largest absolute Gasteiger partial charge is 0.372 e. The van der Waals surface area contributed by atoms with Gasteiger partial charge in [0.2, 0.25) is 5.91 Å². The normalized spacial score (nSPS) is 22.5. The number of nitrogens with one attached hydrogen (secondary N) is 2. The van der Waals surface area contributed by atoms with Crippen molar-refractivity contribution in [2.75, 3.05) is 24.7 Å². The second-order valence-electron chi connectivity index (χ2n) is 9.48. The van der Waals surface area contributed by atoms with Crippen LogP contribution in [-0.2, 0) is 22.4 Å². The number of aromatic amines is 1. The van der Waals surface area contributed by atoms with E-state index in [1.165, 1.54) is 10.4 Å². The fourth-order valence-corrected chi connectivity index (χ4v) is 7.23. The van der Waals surface area contributed by atoms with Crippen LogP contribution in [0.4, 0.5) is 11.5 Å². The van der Waals surface area contributed by atoms with Gasteiger partial charge in [0.1, 0.15) is 17.0 Å². The maximum Gasteiger partial charge on any atom is 0.226 e. The monoisotopic (exact) mass is 508 g/mol. The van der Waals surface area contributed by atoms with Crippen LogP contribution in [0.1, 0.15) is 30.7 Å². The maximum atomic E-state index is 13.4. The summed E-state index contributed by atoms with van der Waals surface area (Å²) in [5.74, 6) is 1.10. The number of benzene rings is 1. The summed E-state index contributed by atoms with van der Waals surface area (Å²) in [6.07, 6.45) is 8.18. The molecule has 4 aromatic rings. The summed E-state index contributed by atoms with van der Waals surface area (Å²) in [6.45, 7) is 5.44. The van der Waals surface area contributed by atoms with E-state index in [4.69, 9.17) is 4.74 Å². The Bertz CT molecular complexity index is 1410. The standard InChI is InChI=1S/C25H28N6O2S2/c1-13-10-31(11-14(2)33-13)25(32)15-4-5-17-20(7-15)35-24-22(17)23(26-12-27-24)29-19-6-16-9-28-30-18(16)8-21(19)34-3/h6,8-9,12-15H,4-5,7,10-11H2,1-3H3,(H,28,30)(H,26,27,29)/t13-,14+,15-/m0/s1. The molecule has 3 atom stereocenters. The summed E-state index contributed by atoms with van der Waals surface area (Å²) in [5, 5.41) is 12.9. The van der Waals surface area contributed by atoms with E-state index in [-0.39, 0.29) is 24.0 Å². The Kier molecular flexibility index (Phi) is 5.90. The number of rotatable bonds is 4. The molecular formula is C25H28N6O2S2. The number of hydrogen-bond donors (Lipinski definition) is 2. The van der Waals surface area contributed by atoms with Crippen molar-refractivity contribution in [2.45, 2.75) is 50.2 Å². The van der Waals surface area contributed by atoms with Crippen molar-refractivity contribution in [3.63, 3.8) is 0 Å². The Labute approximate surface area is 211 Å². The summed E-state index contributed by atoms with van der Waals surface area (Å²) in [7, 11) is 0. The molecule has 1 aromatic carbocycles. The van der Waals surface area contributed by atoms with Crippen molar-refractivity contribution < 1.29 is 9.53 Å². The summed E-state index contributed by atoms with van der Waals surface area (Å²) >= 11 is 3.38. The molecule has 1 aliphatic carbocycles. The fourth-order valence-electron chi connectivity index (χ4n) is 5.40. The minimum absolute atomic E-state index is 0.0176. The van der Waals surface area contributed by atoms with Gasteiger partial charge < -0.3 is 15.0 Å². The van der Waals surface area contributed by atoms with Gasteiger partial charge in [-0.25, -0.2) is 9.97 Å². The Morgan fingerprint density at radius 3 is 2.89 bits per heavy atom. The Morgan fingerprint density at radius 2 is 2.09 bits per heavy atom. The van der Waals surface area contributed by atoms with Gasteiger partial charge in [-0.15, -0.1) is 23.1 Å². The molecule has 6 rings (SSSR count). The van der Waals surface area contributed by atoms with Crippen LogP contribution in [0.15, 0.2) is 29.6 Å². The lowest BCUT2D eigenvalue weighted by Gasteiger charge is -2.37. The van der Waals surface area contributed by atoms with Crippen LogP contribution in [0.2, 0.25) is 0 Å². The molecule has 35 heavy (non-hydrogen) atoms. The molecule has 3 aromatic heterocycles. The van der Waals surface area contributed by atoms with E-state index in [1.54, 1.807) is 29.4 Å². The van der Waals surface area contributed by atoms with Gasteiger partial charge >= 0.3 is 0 Å². The molecule has 2 aliphatic rings. The molecule has 0 bridgehead atoms. The number of H-pyrrole nitrogens is 1. The van der Waals surface area contributed by atoms with Gasteiger partial charge in [0.05, 0.1) is 35.0 Å². The van der Waals surface area contributed by atoms with Gasteiger partial charge in [0, 0.05) is 34.2 Å². The highest BCUT2D eigenvalue weighted by Gasteiger charge is 2.34. The first-order valence-electron chi connectivity index (χ1n) is 12.0. The van der Waals surface area contributed by atoms with Crippen molar-refractivity contribution in [2.24, 2.45) is 5.92 Å². The van der Waals surface area contributed by atoms with E-state index in [1.807, 2.05) is 24.9 Å². The van der Waals surface area contributed by atoms with Crippen molar-refractivity contribution >= 4 is 61.6 Å². The highest BCUT2D eigenvalue weighted by Crippen LogP contribution is 2.42. The van der Waals surface area contributed by atoms with E-state index in [0.717, 1.165) is 56.8 Å². The molecular weight excluding hydrogens is 480 g/mol. The van der Waals surface area contributed by atoms with Gasteiger partial charge in [0.25, 0.3) is 0 Å². The lowest BCUT2D eigenvalue weighted by Crippen LogP contribution is -2.50. The van der Waals surface area contributed by atoms with Gasteiger partial charge in [-0.05, 0) is 57.1 Å². The first-order valence-corrected chi connectivity index (χ1v) is 14.0. The summed E-state index contributed by atoms with van der Waals surface area (Å²) in [4.78, 5) is 27.9. The highest BCUT2D eigenvalue weighted by atomic mass is 32.2. The quantitative estimate of drug-likeness (QED) is 0.383. The van der Waals surface area contributed by atoms with Gasteiger partial charge in [-0.1, -0.05) is 0 Å². The molecule has 0 unspecified atom stereocenters. The zero-order valence-corrected chi connectivity index (χ0v) is 21.6. The minimum atomic E-state index is 0.0176. The molecule has 182 valence electrons. The number of hydrogen-bond acceptors (Lipinski definition) is 8. The van der Waals surface area contributed by atoms with Crippen LogP contribution >= 0.6 is 23.1 Å². The first kappa shape index (κ1) is 22.8. The first-order chi connectivity index (χ1) is 17.0. The van der Waals surface area contributed by atoms with E-state index >= 15 is 0 Å². The average molecular weight is 509 g/mol. The molecule has 1 amide bonds. The summed E-state index contributed by atoms with van der Waals surface area (Å²) in [6, 6.07) is 4.22.